The minimum atomic E-state index is -4.67. The number of alkyl halides is 3. The number of carbonyl (C=O) groups excluding carboxylic acids is 4. The Balaban J connectivity index is 1.94. The van der Waals surface area contributed by atoms with E-state index in [1.807, 2.05) is 0 Å². The molecule has 0 aliphatic heterocycles. The SMILES string of the molecule is CCNC(=O)Nc1cc(-c2nc(C(F)(F)F)cs2)c(-c2cncc(C(=O)NNC(=O)C(C)(C)OC(C)=O)c2)cn1. The van der Waals surface area contributed by atoms with E-state index < -0.39 is 41.3 Å². The number of nitrogens with one attached hydrogen (secondary N) is 4. The maximum Gasteiger partial charge on any atom is 0.434 e. The van der Waals surface area contributed by atoms with Gasteiger partial charge in [0.1, 0.15) is 10.8 Å². The van der Waals surface area contributed by atoms with Gasteiger partial charge < -0.3 is 10.1 Å². The maximum atomic E-state index is 13.2. The van der Waals surface area contributed by atoms with Crippen LogP contribution in [0.1, 0.15) is 43.7 Å². The Kier molecular flexibility index (Phi) is 9.03. The molecule has 3 aromatic heterocycles. The molecule has 0 fully saturated rings. The van der Waals surface area contributed by atoms with Crippen LogP contribution >= 0.6 is 11.3 Å². The van der Waals surface area contributed by atoms with Gasteiger partial charge in [-0.1, -0.05) is 0 Å². The number of aromatic nitrogens is 3. The number of halogens is 3. The van der Waals surface area contributed by atoms with Crippen LogP contribution in [0.2, 0.25) is 0 Å². The summed E-state index contributed by atoms with van der Waals surface area (Å²) < 4.78 is 44.6. The molecule has 0 unspecified atom stereocenters. The van der Waals surface area contributed by atoms with Crippen molar-refractivity contribution in [2.75, 3.05) is 11.9 Å². The van der Waals surface area contributed by atoms with E-state index in [9.17, 15) is 32.3 Å². The van der Waals surface area contributed by atoms with Gasteiger partial charge in [-0.05, 0) is 32.9 Å². The first-order valence-corrected chi connectivity index (χ1v) is 12.4. The molecule has 4 N–H and O–H groups in total. The van der Waals surface area contributed by atoms with Gasteiger partial charge in [-0.2, -0.15) is 13.2 Å². The largest absolute Gasteiger partial charge is 0.450 e. The summed E-state index contributed by atoms with van der Waals surface area (Å²) in [6.07, 6.45) is -0.813. The number of nitrogens with zero attached hydrogens (tertiary/aromatic N) is 3. The molecule has 0 aliphatic rings. The molecule has 0 radical (unpaired) electrons. The average molecular weight is 580 g/mol. The number of hydrogen-bond acceptors (Lipinski definition) is 9. The zero-order chi connectivity index (χ0) is 29.7. The quantitative estimate of drug-likeness (QED) is 0.244. The Bertz CT molecular complexity index is 1440. The monoisotopic (exact) mass is 579 g/mol. The highest BCUT2D eigenvalue weighted by Crippen LogP contribution is 2.38. The fourth-order valence-corrected chi connectivity index (χ4v) is 4.09. The molecular weight excluding hydrogens is 555 g/mol. The molecule has 212 valence electrons. The van der Waals surface area contributed by atoms with Crippen molar-refractivity contribution in [3.05, 3.63) is 47.4 Å². The molecule has 0 aromatic carbocycles. The second-order valence-electron chi connectivity index (χ2n) is 8.61. The summed E-state index contributed by atoms with van der Waals surface area (Å²) in [7, 11) is 0. The molecule has 16 heteroatoms. The van der Waals surface area contributed by atoms with Crippen LogP contribution in [-0.4, -0.2) is 50.9 Å². The van der Waals surface area contributed by atoms with Crippen LogP contribution in [0.3, 0.4) is 0 Å². The van der Waals surface area contributed by atoms with Crippen LogP contribution in [0.25, 0.3) is 21.7 Å². The molecule has 4 amide bonds. The summed E-state index contributed by atoms with van der Waals surface area (Å²) in [6.45, 7) is 5.84. The molecule has 3 rings (SSSR count). The second kappa shape index (κ2) is 12.1. The number of ether oxygens (including phenoxy) is 1. The van der Waals surface area contributed by atoms with Gasteiger partial charge in [-0.3, -0.25) is 35.5 Å². The van der Waals surface area contributed by atoms with E-state index in [0.717, 1.165) is 23.6 Å². The molecule has 3 heterocycles. The van der Waals surface area contributed by atoms with Crippen molar-refractivity contribution >= 4 is 41.0 Å². The van der Waals surface area contributed by atoms with Gasteiger partial charge in [0.05, 0.1) is 5.56 Å². The third kappa shape index (κ3) is 7.49. The molecule has 0 saturated heterocycles. The summed E-state index contributed by atoms with van der Waals surface area (Å²) in [5.74, 6) is -2.22. The van der Waals surface area contributed by atoms with Crippen molar-refractivity contribution in [3.63, 3.8) is 0 Å². The molecular formula is C24H24F3N7O5S. The van der Waals surface area contributed by atoms with Crippen molar-refractivity contribution in [3.8, 4) is 21.7 Å². The molecule has 0 bridgehead atoms. The Morgan fingerprint density at radius 2 is 1.75 bits per heavy atom. The Labute approximate surface area is 229 Å². The number of anilines is 1. The third-order valence-electron chi connectivity index (χ3n) is 5.05. The number of pyridine rings is 2. The predicted molar refractivity (Wildman–Crippen MR) is 138 cm³/mol. The number of amides is 4. The highest BCUT2D eigenvalue weighted by molar-refractivity contribution is 7.13. The fraction of sp³-hybridized carbons (Fsp3) is 0.292. The zero-order valence-electron chi connectivity index (χ0n) is 21.6. The summed E-state index contributed by atoms with van der Waals surface area (Å²) in [5, 5.41) is 5.86. The van der Waals surface area contributed by atoms with Crippen LogP contribution < -0.4 is 21.5 Å². The van der Waals surface area contributed by atoms with E-state index >= 15 is 0 Å². The van der Waals surface area contributed by atoms with Crippen molar-refractivity contribution in [1.82, 2.24) is 31.1 Å². The van der Waals surface area contributed by atoms with E-state index in [2.05, 4.69) is 36.4 Å². The maximum absolute atomic E-state index is 13.2. The Morgan fingerprint density at radius 1 is 1.02 bits per heavy atom. The fourth-order valence-electron chi connectivity index (χ4n) is 3.23. The molecule has 0 saturated carbocycles. The van der Waals surface area contributed by atoms with Gasteiger partial charge in [-0.25, -0.2) is 14.8 Å². The van der Waals surface area contributed by atoms with E-state index in [0.29, 0.717) is 6.54 Å². The standard InChI is InChI=1S/C24H24F3N7O5S/c1-5-29-22(38)32-18-7-15(20-31-17(11-40-20)24(25,26)27)16(10-30-18)13-6-14(9-28-8-13)19(36)33-34-21(37)23(3,4)39-12(2)35/h6-11H,5H2,1-4H3,(H,33,36)(H,34,37)(H2,29,30,32,38). The highest BCUT2D eigenvalue weighted by Gasteiger charge is 2.34. The molecule has 0 aliphatic carbocycles. The lowest BCUT2D eigenvalue weighted by molar-refractivity contribution is -0.163. The smallest absolute Gasteiger partial charge is 0.434 e. The van der Waals surface area contributed by atoms with E-state index in [-0.39, 0.29) is 33.1 Å². The van der Waals surface area contributed by atoms with Crippen molar-refractivity contribution in [2.24, 2.45) is 0 Å². The lowest BCUT2D eigenvalue weighted by Crippen LogP contribution is -2.52. The van der Waals surface area contributed by atoms with Gasteiger partial charge >= 0.3 is 18.2 Å². The number of carbonyl (C=O) groups is 4. The van der Waals surface area contributed by atoms with E-state index in [4.69, 9.17) is 4.74 Å². The van der Waals surface area contributed by atoms with Gasteiger partial charge in [-0.15, -0.1) is 11.3 Å². The van der Waals surface area contributed by atoms with Crippen LogP contribution in [0.15, 0.2) is 36.1 Å². The number of thiazole rings is 1. The molecule has 0 spiro atoms. The third-order valence-corrected chi connectivity index (χ3v) is 5.93. The van der Waals surface area contributed by atoms with E-state index in [1.165, 1.54) is 44.6 Å². The molecule has 3 aromatic rings. The zero-order valence-corrected chi connectivity index (χ0v) is 22.4. The van der Waals surface area contributed by atoms with Crippen molar-refractivity contribution in [2.45, 2.75) is 39.5 Å². The number of urea groups is 1. The Morgan fingerprint density at radius 3 is 2.38 bits per heavy atom. The van der Waals surface area contributed by atoms with Crippen LogP contribution in [0, 0.1) is 0 Å². The predicted octanol–water partition coefficient (Wildman–Crippen LogP) is 3.53. The summed E-state index contributed by atoms with van der Waals surface area (Å²) in [4.78, 5) is 60.0. The second-order valence-corrected chi connectivity index (χ2v) is 9.47. The van der Waals surface area contributed by atoms with E-state index in [1.54, 1.807) is 6.92 Å². The van der Waals surface area contributed by atoms with Crippen LogP contribution in [0.5, 0.6) is 0 Å². The first-order valence-electron chi connectivity index (χ1n) is 11.5. The minimum Gasteiger partial charge on any atom is -0.450 e. The van der Waals surface area contributed by atoms with Gasteiger partial charge in [0.25, 0.3) is 11.8 Å². The van der Waals surface area contributed by atoms with Gasteiger partial charge in [0, 0.05) is 54.1 Å². The lowest BCUT2D eigenvalue weighted by atomic mass is 10.0. The molecule has 0 atom stereocenters. The topological polar surface area (TPSA) is 164 Å². The number of hydrazine groups is 1. The molecule has 12 nitrogen and oxygen atoms in total. The van der Waals surface area contributed by atoms with Crippen LogP contribution in [0.4, 0.5) is 23.8 Å². The van der Waals surface area contributed by atoms with Crippen LogP contribution in [-0.2, 0) is 20.5 Å². The number of rotatable bonds is 7. The molecule has 40 heavy (non-hydrogen) atoms. The summed E-state index contributed by atoms with van der Waals surface area (Å²) >= 11 is 0.734. The summed E-state index contributed by atoms with van der Waals surface area (Å²) in [5.41, 5.74) is 2.43. The normalized spacial score (nSPS) is 11.4. The highest BCUT2D eigenvalue weighted by atomic mass is 32.1. The first-order chi connectivity index (χ1) is 18.7. The van der Waals surface area contributed by atoms with Crippen molar-refractivity contribution in [1.29, 1.82) is 0 Å². The Hall–Kier alpha value is -4.60. The minimum absolute atomic E-state index is 0.0153. The number of esters is 1. The van der Waals surface area contributed by atoms with Crippen molar-refractivity contribution < 1.29 is 37.1 Å². The summed E-state index contributed by atoms with van der Waals surface area (Å²) in [6, 6.07) is 2.16. The van der Waals surface area contributed by atoms with Gasteiger partial charge in [0.15, 0.2) is 11.3 Å². The van der Waals surface area contributed by atoms with Gasteiger partial charge in [0.2, 0.25) is 0 Å². The average Bonchev–Trinajstić information content (AvgIpc) is 3.37. The lowest BCUT2D eigenvalue weighted by Gasteiger charge is -2.23. The first kappa shape index (κ1) is 29.9. The number of hydrogen-bond donors (Lipinski definition) is 4.